The maximum Gasteiger partial charge on any atom is 0.233 e. The van der Waals surface area contributed by atoms with Crippen molar-refractivity contribution in [2.45, 2.75) is 13.3 Å². The predicted octanol–water partition coefficient (Wildman–Crippen LogP) is 5.02. The molecule has 0 saturated carbocycles. The monoisotopic (exact) mass is 316 g/mol. The van der Waals surface area contributed by atoms with Crippen LogP contribution in [0.2, 0.25) is 5.02 Å². The number of amides is 1. The van der Waals surface area contributed by atoms with E-state index in [1.807, 2.05) is 43.3 Å². The summed E-state index contributed by atoms with van der Waals surface area (Å²) >= 11 is 7.55. The highest BCUT2D eigenvalue weighted by atomic mass is 35.5. The Balaban J connectivity index is 2.13. The van der Waals surface area contributed by atoms with E-state index in [2.05, 4.69) is 4.98 Å². The zero-order valence-electron chi connectivity index (χ0n) is 11.4. The van der Waals surface area contributed by atoms with Crippen molar-refractivity contribution in [3.05, 3.63) is 53.6 Å². The van der Waals surface area contributed by atoms with Gasteiger partial charge in [0.05, 0.1) is 15.9 Å². The molecule has 0 fully saturated rings. The summed E-state index contributed by atoms with van der Waals surface area (Å²) in [6.45, 7) is 1.84. The number of hydrogen-bond donors (Lipinski definition) is 0. The first-order chi connectivity index (χ1) is 10.2. The van der Waals surface area contributed by atoms with Gasteiger partial charge in [0, 0.05) is 11.4 Å². The Bertz CT molecular complexity index is 767. The number of carbonyl (C=O) groups excluding carboxylic acids is 1. The quantitative estimate of drug-likeness (QED) is 0.679. The average molecular weight is 317 g/mol. The lowest BCUT2D eigenvalue weighted by molar-refractivity contribution is -0.117. The number of nitrogens with zero attached hydrogens (tertiary/aromatic N) is 2. The number of halogens is 1. The number of para-hydroxylation sites is 1. The van der Waals surface area contributed by atoms with Crippen LogP contribution in [0.4, 0.5) is 10.8 Å². The second kappa shape index (κ2) is 5.84. The second-order valence-electron chi connectivity index (χ2n) is 4.53. The van der Waals surface area contributed by atoms with Crippen LogP contribution < -0.4 is 4.90 Å². The molecule has 0 radical (unpaired) electrons. The van der Waals surface area contributed by atoms with Crippen molar-refractivity contribution in [1.29, 1.82) is 0 Å². The van der Waals surface area contributed by atoms with Crippen LogP contribution >= 0.6 is 22.9 Å². The standard InChI is InChI=1S/C16H13ClN2OS/c1-2-15(20)19(12-7-5-6-11(17)10-12)16-18-13-8-3-4-9-14(13)21-16/h3-10H,2H2,1H3. The molecule has 1 heterocycles. The molecule has 2 aromatic carbocycles. The highest BCUT2D eigenvalue weighted by Crippen LogP contribution is 2.34. The number of aromatic nitrogens is 1. The summed E-state index contributed by atoms with van der Waals surface area (Å²) in [4.78, 5) is 18.6. The molecule has 3 aromatic rings. The summed E-state index contributed by atoms with van der Waals surface area (Å²) in [6, 6.07) is 15.1. The first kappa shape index (κ1) is 14.0. The summed E-state index contributed by atoms with van der Waals surface area (Å²) in [5.74, 6) is -0.00340. The highest BCUT2D eigenvalue weighted by Gasteiger charge is 2.20. The third-order valence-corrected chi connectivity index (χ3v) is 4.35. The van der Waals surface area contributed by atoms with Crippen molar-refractivity contribution in [3.63, 3.8) is 0 Å². The Morgan fingerprint density at radius 3 is 2.76 bits per heavy atom. The molecule has 0 bridgehead atoms. The summed E-state index contributed by atoms with van der Waals surface area (Å²) < 4.78 is 1.06. The minimum absolute atomic E-state index is 0.00340. The van der Waals surface area contributed by atoms with Gasteiger partial charge in [-0.25, -0.2) is 4.98 Å². The average Bonchev–Trinajstić information content (AvgIpc) is 2.90. The van der Waals surface area contributed by atoms with Crippen LogP contribution in [0.3, 0.4) is 0 Å². The molecule has 106 valence electrons. The van der Waals surface area contributed by atoms with E-state index in [1.54, 1.807) is 17.0 Å². The Morgan fingerprint density at radius 2 is 2.05 bits per heavy atom. The van der Waals surface area contributed by atoms with E-state index < -0.39 is 0 Å². The number of anilines is 2. The summed E-state index contributed by atoms with van der Waals surface area (Å²) in [7, 11) is 0. The number of rotatable bonds is 3. The van der Waals surface area contributed by atoms with Gasteiger partial charge in [0.15, 0.2) is 5.13 Å². The molecule has 5 heteroatoms. The van der Waals surface area contributed by atoms with Gasteiger partial charge in [0.2, 0.25) is 5.91 Å². The first-order valence-corrected chi connectivity index (χ1v) is 7.82. The van der Waals surface area contributed by atoms with Gasteiger partial charge < -0.3 is 0 Å². The van der Waals surface area contributed by atoms with Gasteiger partial charge in [-0.1, -0.05) is 48.1 Å². The number of carbonyl (C=O) groups is 1. The first-order valence-electron chi connectivity index (χ1n) is 6.63. The van der Waals surface area contributed by atoms with Gasteiger partial charge in [0.1, 0.15) is 0 Å². The molecule has 0 unspecified atom stereocenters. The van der Waals surface area contributed by atoms with E-state index in [0.29, 0.717) is 16.6 Å². The number of benzene rings is 2. The summed E-state index contributed by atoms with van der Waals surface area (Å²) in [5, 5.41) is 1.27. The molecule has 0 N–H and O–H groups in total. The summed E-state index contributed by atoms with van der Waals surface area (Å²) in [5.41, 5.74) is 1.64. The van der Waals surface area contributed by atoms with Crippen LogP contribution in [0.1, 0.15) is 13.3 Å². The summed E-state index contributed by atoms with van der Waals surface area (Å²) in [6.07, 6.45) is 0.405. The predicted molar refractivity (Wildman–Crippen MR) is 88.5 cm³/mol. The zero-order chi connectivity index (χ0) is 14.8. The maximum absolute atomic E-state index is 12.4. The third-order valence-electron chi connectivity index (χ3n) is 3.09. The van der Waals surface area contributed by atoms with Crippen molar-refractivity contribution >= 4 is 49.9 Å². The molecule has 0 atom stereocenters. The van der Waals surface area contributed by atoms with Crippen molar-refractivity contribution in [2.24, 2.45) is 0 Å². The van der Waals surface area contributed by atoms with Gasteiger partial charge in [-0.3, -0.25) is 9.69 Å². The zero-order valence-corrected chi connectivity index (χ0v) is 13.0. The van der Waals surface area contributed by atoms with E-state index in [9.17, 15) is 4.79 Å². The molecule has 0 aliphatic rings. The molecular weight excluding hydrogens is 304 g/mol. The van der Waals surface area contributed by atoms with Crippen LogP contribution in [-0.4, -0.2) is 10.9 Å². The van der Waals surface area contributed by atoms with Gasteiger partial charge >= 0.3 is 0 Å². The smallest absolute Gasteiger partial charge is 0.233 e. The highest BCUT2D eigenvalue weighted by molar-refractivity contribution is 7.22. The molecule has 1 aromatic heterocycles. The topological polar surface area (TPSA) is 33.2 Å². The SMILES string of the molecule is CCC(=O)N(c1cccc(Cl)c1)c1nc2ccccc2s1. The Kier molecular flexibility index (Phi) is 3.90. The van der Waals surface area contributed by atoms with E-state index in [-0.39, 0.29) is 5.91 Å². The number of fused-ring (bicyclic) bond motifs is 1. The molecule has 0 aliphatic carbocycles. The van der Waals surface area contributed by atoms with Gasteiger partial charge in [-0.2, -0.15) is 0 Å². The van der Waals surface area contributed by atoms with Crippen molar-refractivity contribution in [3.8, 4) is 0 Å². The fourth-order valence-corrected chi connectivity index (χ4v) is 3.28. The lowest BCUT2D eigenvalue weighted by Crippen LogP contribution is -2.24. The van der Waals surface area contributed by atoms with E-state index in [0.717, 1.165) is 15.9 Å². The third kappa shape index (κ3) is 2.77. The molecule has 3 nitrogen and oxygen atoms in total. The van der Waals surface area contributed by atoms with Crippen LogP contribution in [0.15, 0.2) is 48.5 Å². The van der Waals surface area contributed by atoms with Crippen LogP contribution in [0, 0.1) is 0 Å². The van der Waals surface area contributed by atoms with Gasteiger partial charge in [-0.05, 0) is 30.3 Å². The van der Waals surface area contributed by atoms with Crippen LogP contribution in [0.25, 0.3) is 10.2 Å². The largest absolute Gasteiger partial charge is 0.274 e. The molecule has 1 amide bonds. The van der Waals surface area contributed by atoms with Gasteiger partial charge in [-0.15, -0.1) is 0 Å². The lowest BCUT2D eigenvalue weighted by atomic mass is 10.3. The second-order valence-corrected chi connectivity index (χ2v) is 5.97. The lowest BCUT2D eigenvalue weighted by Gasteiger charge is -2.19. The number of hydrogen-bond acceptors (Lipinski definition) is 3. The molecule has 0 aliphatic heterocycles. The molecular formula is C16H13ClN2OS. The normalized spacial score (nSPS) is 10.8. The Morgan fingerprint density at radius 1 is 1.24 bits per heavy atom. The van der Waals surface area contributed by atoms with E-state index in [1.165, 1.54) is 11.3 Å². The maximum atomic E-state index is 12.4. The fourth-order valence-electron chi connectivity index (χ4n) is 2.09. The Hall–Kier alpha value is -1.91. The molecule has 3 rings (SSSR count). The van der Waals surface area contributed by atoms with Crippen molar-refractivity contribution in [1.82, 2.24) is 4.98 Å². The van der Waals surface area contributed by atoms with E-state index >= 15 is 0 Å². The van der Waals surface area contributed by atoms with Crippen molar-refractivity contribution < 1.29 is 4.79 Å². The van der Waals surface area contributed by atoms with E-state index in [4.69, 9.17) is 11.6 Å². The minimum atomic E-state index is -0.00340. The fraction of sp³-hybridized carbons (Fsp3) is 0.125. The van der Waals surface area contributed by atoms with Gasteiger partial charge in [0.25, 0.3) is 0 Å². The van der Waals surface area contributed by atoms with Crippen molar-refractivity contribution in [2.75, 3.05) is 4.90 Å². The molecule has 21 heavy (non-hydrogen) atoms. The van der Waals surface area contributed by atoms with Crippen LogP contribution in [-0.2, 0) is 4.79 Å². The number of thiazole rings is 1. The Labute approximate surface area is 131 Å². The molecule has 0 saturated heterocycles. The minimum Gasteiger partial charge on any atom is -0.274 e. The molecule has 0 spiro atoms. The van der Waals surface area contributed by atoms with Crippen LogP contribution in [0.5, 0.6) is 0 Å².